The maximum Gasteiger partial charge on any atom is 0.410 e. The zero-order chi connectivity index (χ0) is 26.3. The molecule has 0 atom stereocenters. The van der Waals surface area contributed by atoms with Crippen molar-refractivity contribution in [2.24, 2.45) is 0 Å². The van der Waals surface area contributed by atoms with Crippen molar-refractivity contribution in [2.45, 2.75) is 71.6 Å². The smallest absolute Gasteiger partial charge is 0.410 e. The molecule has 0 saturated carbocycles. The van der Waals surface area contributed by atoms with Crippen LogP contribution in [0.3, 0.4) is 0 Å². The highest BCUT2D eigenvalue weighted by Gasteiger charge is 2.30. The van der Waals surface area contributed by atoms with Gasteiger partial charge in [0, 0.05) is 36.4 Å². The topological polar surface area (TPSA) is 97.2 Å². The fourth-order valence-corrected chi connectivity index (χ4v) is 4.11. The fraction of sp³-hybridized carbons (Fsp3) is 0.520. The van der Waals surface area contributed by atoms with Crippen molar-refractivity contribution in [3.63, 3.8) is 0 Å². The maximum absolute atomic E-state index is 13.8. The first kappa shape index (κ1) is 25.6. The highest BCUT2D eigenvalue weighted by atomic mass is 19.1. The van der Waals surface area contributed by atoms with Crippen molar-refractivity contribution in [3.05, 3.63) is 36.0 Å². The molecule has 1 fully saturated rings. The molecule has 2 N–H and O–H groups in total. The molecule has 1 aliphatic heterocycles. The molecule has 1 aromatic carbocycles. The SMILES string of the molecule is CC(C)(C)Nc1ncc2nc(Nc3cc(F)cc(F)c3)n(C3CCN(C(=O)OC(C)(C)C)CC3)c2n1. The maximum atomic E-state index is 13.8. The molecule has 1 saturated heterocycles. The van der Waals surface area contributed by atoms with E-state index in [1.165, 1.54) is 12.1 Å². The van der Waals surface area contributed by atoms with Crippen molar-refractivity contribution in [1.82, 2.24) is 24.4 Å². The minimum absolute atomic E-state index is 0.0630. The molecular weight excluding hydrogens is 468 g/mol. The number of ether oxygens (including phenoxy) is 1. The number of piperidine rings is 1. The van der Waals surface area contributed by atoms with Gasteiger partial charge in [-0.25, -0.2) is 23.5 Å². The number of amides is 1. The monoisotopic (exact) mass is 501 g/mol. The van der Waals surface area contributed by atoms with Crippen molar-refractivity contribution < 1.29 is 18.3 Å². The number of imidazole rings is 1. The van der Waals surface area contributed by atoms with Gasteiger partial charge in [0.2, 0.25) is 11.9 Å². The Bertz CT molecular complexity index is 1240. The van der Waals surface area contributed by atoms with Crippen LogP contribution in [0.4, 0.5) is 31.2 Å². The lowest BCUT2D eigenvalue weighted by molar-refractivity contribution is 0.0190. The highest BCUT2D eigenvalue weighted by Crippen LogP contribution is 2.33. The van der Waals surface area contributed by atoms with Crippen LogP contribution in [0.15, 0.2) is 24.4 Å². The van der Waals surface area contributed by atoms with Crippen LogP contribution in [0.5, 0.6) is 0 Å². The molecule has 4 rings (SSSR count). The number of carbonyl (C=O) groups is 1. The van der Waals surface area contributed by atoms with Gasteiger partial charge in [0.15, 0.2) is 5.65 Å². The van der Waals surface area contributed by atoms with Gasteiger partial charge in [0.1, 0.15) is 22.8 Å². The highest BCUT2D eigenvalue weighted by molar-refractivity contribution is 5.77. The molecule has 194 valence electrons. The zero-order valence-corrected chi connectivity index (χ0v) is 21.5. The molecular formula is C25H33F2N7O2. The molecule has 9 nitrogen and oxygen atoms in total. The molecule has 0 bridgehead atoms. The molecule has 0 aliphatic carbocycles. The summed E-state index contributed by atoms with van der Waals surface area (Å²) in [6.45, 7) is 12.5. The lowest BCUT2D eigenvalue weighted by Crippen LogP contribution is -2.42. The van der Waals surface area contributed by atoms with Gasteiger partial charge in [-0.15, -0.1) is 0 Å². The molecule has 2 aromatic heterocycles. The fourth-order valence-electron chi connectivity index (χ4n) is 4.11. The quantitative estimate of drug-likeness (QED) is 0.478. The lowest BCUT2D eigenvalue weighted by atomic mass is 10.1. The Kier molecular flexibility index (Phi) is 6.76. The van der Waals surface area contributed by atoms with E-state index in [4.69, 9.17) is 9.72 Å². The number of hydrogen-bond acceptors (Lipinski definition) is 7. The van der Waals surface area contributed by atoms with E-state index in [1.807, 2.05) is 46.1 Å². The van der Waals surface area contributed by atoms with Gasteiger partial charge in [0.25, 0.3) is 0 Å². The Morgan fingerprint density at radius 1 is 1.03 bits per heavy atom. The summed E-state index contributed by atoms with van der Waals surface area (Å²) in [4.78, 5) is 28.0. The van der Waals surface area contributed by atoms with Crippen LogP contribution in [0.1, 0.15) is 60.4 Å². The predicted molar refractivity (Wildman–Crippen MR) is 134 cm³/mol. The molecule has 0 spiro atoms. The van der Waals surface area contributed by atoms with Gasteiger partial charge in [-0.2, -0.15) is 4.98 Å². The summed E-state index contributed by atoms with van der Waals surface area (Å²) in [5.41, 5.74) is 0.544. The minimum Gasteiger partial charge on any atom is -0.444 e. The Balaban J connectivity index is 1.67. The average Bonchev–Trinajstić information content (AvgIpc) is 3.07. The van der Waals surface area contributed by atoms with Crippen LogP contribution in [0.25, 0.3) is 11.2 Å². The molecule has 1 aliphatic rings. The Labute approximate surface area is 209 Å². The number of benzene rings is 1. The number of halogens is 2. The van der Waals surface area contributed by atoms with Crippen LogP contribution >= 0.6 is 0 Å². The molecule has 0 radical (unpaired) electrons. The third kappa shape index (κ3) is 6.19. The van der Waals surface area contributed by atoms with Gasteiger partial charge in [-0.1, -0.05) is 0 Å². The summed E-state index contributed by atoms with van der Waals surface area (Å²) in [6, 6.07) is 3.16. The third-order valence-electron chi connectivity index (χ3n) is 5.52. The van der Waals surface area contributed by atoms with Crippen molar-refractivity contribution in [1.29, 1.82) is 0 Å². The molecule has 0 unspecified atom stereocenters. The van der Waals surface area contributed by atoms with Crippen LogP contribution in [-0.2, 0) is 4.74 Å². The average molecular weight is 502 g/mol. The molecule has 11 heteroatoms. The van der Waals surface area contributed by atoms with E-state index in [0.29, 0.717) is 49.0 Å². The number of hydrogen-bond donors (Lipinski definition) is 2. The summed E-state index contributed by atoms with van der Waals surface area (Å²) in [5, 5.41) is 6.32. The summed E-state index contributed by atoms with van der Waals surface area (Å²) >= 11 is 0. The van der Waals surface area contributed by atoms with Crippen molar-refractivity contribution >= 4 is 34.8 Å². The second kappa shape index (κ2) is 9.51. The Morgan fingerprint density at radius 3 is 2.25 bits per heavy atom. The van der Waals surface area contributed by atoms with E-state index in [0.717, 1.165) is 6.07 Å². The van der Waals surface area contributed by atoms with Crippen molar-refractivity contribution in [2.75, 3.05) is 23.7 Å². The summed E-state index contributed by atoms with van der Waals surface area (Å²) < 4.78 is 35.1. The Morgan fingerprint density at radius 2 is 1.67 bits per heavy atom. The summed E-state index contributed by atoms with van der Waals surface area (Å²) in [6.07, 6.45) is 2.54. The number of aromatic nitrogens is 4. The molecule has 3 heterocycles. The largest absolute Gasteiger partial charge is 0.444 e. The number of rotatable bonds is 4. The number of anilines is 3. The number of likely N-dealkylation sites (tertiary alicyclic amines) is 1. The van der Waals surface area contributed by atoms with Crippen LogP contribution < -0.4 is 10.6 Å². The van der Waals surface area contributed by atoms with E-state index in [1.54, 1.807) is 11.1 Å². The third-order valence-corrected chi connectivity index (χ3v) is 5.52. The molecule has 1 amide bonds. The van der Waals surface area contributed by atoms with Gasteiger partial charge in [0.05, 0.1) is 6.20 Å². The first-order valence-corrected chi connectivity index (χ1v) is 12.0. The normalized spacial score (nSPS) is 15.3. The zero-order valence-electron chi connectivity index (χ0n) is 21.5. The van der Waals surface area contributed by atoms with Gasteiger partial charge in [-0.3, -0.25) is 4.57 Å². The van der Waals surface area contributed by atoms with E-state index >= 15 is 0 Å². The van der Waals surface area contributed by atoms with Gasteiger partial charge >= 0.3 is 6.09 Å². The van der Waals surface area contributed by atoms with Crippen LogP contribution in [0.2, 0.25) is 0 Å². The predicted octanol–water partition coefficient (Wildman–Crippen LogP) is 5.63. The number of carbonyl (C=O) groups excluding carboxylic acids is 1. The number of nitrogens with one attached hydrogen (secondary N) is 2. The van der Waals surface area contributed by atoms with Gasteiger partial charge in [-0.05, 0) is 66.5 Å². The first-order valence-electron chi connectivity index (χ1n) is 12.0. The Hall–Kier alpha value is -3.50. The van der Waals surface area contributed by atoms with Crippen molar-refractivity contribution in [3.8, 4) is 0 Å². The molecule has 36 heavy (non-hydrogen) atoms. The van der Waals surface area contributed by atoms with Crippen LogP contribution in [0, 0.1) is 11.6 Å². The number of nitrogens with zero attached hydrogens (tertiary/aromatic N) is 5. The number of fused-ring (bicyclic) bond motifs is 1. The van der Waals surface area contributed by atoms with E-state index in [2.05, 4.69) is 20.6 Å². The second-order valence-electron chi connectivity index (χ2n) is 11.1. The van der Waals surface area contributed by atoms with E-state index in [-0.39, 0.29) is 23.4 Å². The standard InChI is InChI=1S/C25H33F2N7O2/c1-24(2,3)32-21-28-14-19-20(31-21)34(22(30-19)29-17-12-15(26)11-16(27)13-17)18-7-9-33(10-8-18)23(35)36-25(4,5)6/h11-14,18H,7-10H2,1-6H3,(H,29,30)(H,28,31,32). The minimum atomic E-state index is -0.692. The molecule has 3 aromatic rings. The van der Waals surface area contributed by atoms with E-state index in [9.17, 15) is 13.6 Å². The van der Waals surface area contributed by atoms with Gasteiger partial charge < -0.3 is 20.3 Å². The lowest BCUT2D eigenvalue weighted by Gasteiger charge is -2.34. The summed E-state index contributed by atoms with van der Waals surface area (Å²) in [7, 11) is 0. The van der Waals surface area contributed by atoms with E-state index < -0.39 is 17.2 Å². The first-order chi connectivity index (χ1) is 16.8. The summed E-state index contributed by atoms with van der Waals surface area (Å²) in [5.74, 6) is -0.539. The van der Waals surface area contributed by atoms with Crippen LogP contribution in [-0.4, -0.2) is 54.7 Å². The second-order valence-corrected chi connectivity index (χ2v) is 11.1.